The summed E-state index contributed by atoms with van der Waals surface area (Å²) in [6.45, 7) is 2.90. The zero-order chi connectivity index (χ0) is 11.4. The smallest absolute Gasteiger partial charge is 0.181 e. The molecule has 0 radical (unpaired) electrons. The van der Waals surface area contributed by atoms with Gasteiger partial charge >= 0.3 is 0 Å². The molecule has 1 N–H and O–H groups in total. The molecule has 1 aliphatic rings. The van der Waals surface area contributed by atoms with Crippen LogP contribution in [0.1, 0.15) is 37.6 Å². The molecule has 1 aromatic heterocycles. The first-order chi connectivity index (χ1) is 7.79. The predicted molar refractivity (Wildman–Crippen MR) is 61.2 cm³/mol. The Morgan fingerprint density at radius 1 is 1.62 bits per heavy atom. The highest BCUT2D eigenvalue weighted by atomic mass is 16.5. The van der Waals surface area contributed by atoms with Crippen LogP contribution in [0.2, 0.25) is 0 Å². The van der Waals surface area contributed by atoms with Gasteiger partial charge in [-0.05, 0) is 26.2 Å². The number of aryl methyl sites for hydroxylation is 1. The third-order valence-corrected chi connectivity index (χ3v) is 3.04. The van der Waals surface area contributed by atoms with Gasteiger partial charge in [0.15, 0.2) is 6.39 Å². The lowest BCUT2D eigenvalue weighted by atomic mass is 10.1. The largest absolute Gasteiger partial charge is 0.448 e. The van der Waals surface area contributed by atoms with E-state index in [1.165, 1.54) is 19.2 Å². The Balaban J connectivity index is 1.80. The second-order valence-electron chi connectivity index (χ2n) is 4.46. The highest BCUT2D eigenvalue weighted by Gasteiger charge is 2.21. The molecule has 0 spiro atoms. The van der Waals surface area contributed by atoms with Crippen molar-refractivity contribution < 1.29 is 9.15 Å². The number of aromatic nitrogens is 1. The highest BCUT2D eigenvalue weighted by molar-refractivity contribution is 5.08. The Morgan fingerprint density at radius 2 is 2.44 bits per heavy atom. The van der Waals surface area contributed by atoms with Gasteiger partial charge in [0.1, 0.15) is 5.76 Å². The van der Waals surface area contributed by atoms with Gasteiger partial charge < -0.3 is 14.5 Å². The molecule has 0 saturated heterocycles. The molecule has 1 saturated carbocycles. The molecule has 1 heterocycles. The average molecular weight is 224 g/mol. The Hall–Kier alpha value is -0.870. The lowest BCUT2D eigenvalue weighted by Crippen LogP contribution is -2.17. The number of ether oxygens (including phenoxy) is 1. The minimum absolute atomic E-state index is 0.273. The molecule has 16 heavy (non-hydrogen) atoms. The molecule has 0 aliphatic heterocycles. The van der Waals surface area contributed by atoms with E-state index in [0.717, 1.165) is 30.8 Å². The van der Waals surface area contributed by atoms with Gasteiger partial charge in [0.05, 0.1) is 11.8 Å². The summed E-state index contributed by atoms with van der Waals surface area (Å²) in [6, 6.07) is 0.711. The fourth-order valence-corrected chi connectivity index (χ4v) is 1.62. The zero-order valence-electron chi connectivity index (χ0n) is 10.0. The van der Waals surface area contributed by atoms with E-state index in [-0.39, 0.29) is 6.10 Å². The van der Waals surface area contributed by atoms with E-state index in [0.29, 0.717) is 6.04 Å². The highest BCUT2D eigenvalue weighted by Crippen LogP contribution is 2.20. The van der Waals surface area contributed by atoms with Gasteiger partial charge in [-0.15, -0.1) is 0 Å². The minimum Gasteiger partial charge on any atom is -0.448 e. The molecule has 1 aliphatic carbocycles. The Bertz CT molecular complexity index is 321. The Morgan fingerprint density at radius 3 is 3.12 bits per heavy atom. The van der Waals surface area contributed by atoms with Crippen molar-refractivity contribution in [2.75, 3.05) is 7.11 Å². The number of nitrogens with one attached hydrogen (secondary N) is 1. The van der Waals surface area contributed by atoms with E-state index in [9.17, 15) is 0 Å². The van der Waals surface area contributed by atoms with Gasteiger partial charge in [-0.25, -0.2) is 4.98 Å². The summed E-state index contributed by atoms with van der Waals surface area (Å²) in [6.07, 6.45) is 6.28. The van der Waals surface area contributed by atoms with Crippen LogP contribution in [0.3, 0.4) is 0 Å². The van der Waals surface area contributed by atoms with E-state index in [1.54, 1.807) is 7.11 Å². The van der Waals surface area contributed by atoms with Crippen LogP contribution in [0.25, 0.3) is 0 Å². The third kappa shape index (κ3) is 3.32. The van der Waals surface area contributed by atoms with Gasteiger partial charge in [0, 0.05) is 26.1 Å². The molecule has 4 heteroatoms. The molecule has 2 rings (SSSR count). The maximum Gasteiger partial charge on any atom is 0.181 e. The van der Waals surface area contributed by atoms with Crippen molar-refractivity contribution in [1.82, 2.24) is 10.3 Å². The van der Waals surface area contributed by atoms with Crippen LogP contribution < -0.4 is 5.32 Å². The first-order valence-corrected chi connectivity index (χ1v) is 5.97. The fraction of sp³-hybridized carbons (Fsp3) is 0.750. The molecule has 0 amide bonds. The molecule has 1 unspecified atom stereocenters. The molecular weight excluding hydrogens is 204 g/mol. The van der Waals surface area contributed by atoms with Crippen LogP contribution in [0, 0.1) is 0 Å². The van der Waals surface area contributed by atoms with E-state index >= 15 is 0 Å². The minimum atomic E-state index is 0.273. The number of hydrogen-bond acceptors (Lipinski definition) is 4. The summed E-state index contributed by atoms with van der Waals surface area (Å²) < 4.78 is 10.6. The lowest BCUT2D eigenvalue weighted by Gasteiger charge is -2.08. The van der Waals surface area contributed by atoms with Gasteiger partial charge in [0.25, 0.3) is 0 Å². The third-order valence-electron chi connectivity index (χ3n) is 3.04. The molecule has 1 atom stereocenters. The van der Waals surface area contributed by atoms with Crippen molar-refractivity contribution in [1.29, 1.82) is 0 Å². The summed E-state index contributed by atoms with van der Waals surface area (Å²) in [4.78, 5) is 4.25. The van der Waals surface area contributed by atoms with Crippen LogP contribution in [0.4, 0.5) is 0 Å². The van der Waals surface area contributed by atoms with E-state index in [4.69, 9.17) is 9.15 Å². The summed E-state index contributed by atoms with van der Waals surface area (Å²) in [7, 11) is 1.74. The number of methoxy groups -OCH3 is 1. The molecule has 1 fully saturated rings. The van der Waals surface area contributed by atoms with Crippen molar-refractivity contribution >= 4 is 0 Å². The predicted octanol–water partition coefficient (Wildman–Crippen LogP) is 1.89. The normalized spacial score (nSPS) is 17.6. The van der Waals surface area contributed by atoms with E-state index in [1.807, 2.05) is 0 Å². The second kappa shape index (κ2) is 5.46. The molecule has 0 aromatic carbocycles. The Labute approximate surface area is 96.4 Å². The molecule has 1 aromatic rings. The quantitative estimate of drug-likeness (QED) is 0.768. The Kier molecular flexibility index (Phi) is 3.96. The molecular formula is C12H20N2O2. The van der Waals surface area contributed by atoms with Crippen molar-refractivity contribution in [3.63, 3.8) is 0 Å². The first-order valence-electron chi connectivity index (χ1n) is 5.97. The number of hydrogen-bond donors (Lipinski definition) is 1. The summed E-state index contributed by atoms with van der Waals surface area (Å²) in [5.74, 6) is 0.997. The lowest BCUT2D eigenvalue weighted by molar-refractivity contribution is 0.110. The van der Waals surface area contributed by atoms with Crippen LogP contribution in [0.15, 0.2) is 10.8 Å². The molecule has 90 valence electrons. The van der Waals surface area contributed by atoms with Gasteiger partial charge in [-0.3, -0.25) is 0 Å². The zero-order valence-corrected chi connectivity index (χ0v) is 10.0. The summed E-state index contributed by atoms with van der Waals surface area (Å²) in [5.41, 5.74) is 1.05. The second-order valence-corrected chi connectivity index (χ2v) is 4.46. The van der Waals surface area contributed by atoms with Crippen molar-refractivity contribution in [3.8, 4) is 0 Å². The van der Waals surface area contributed by atoms with Crippen molar-refractivity contribution in [2.24, 2.45) is 0 Å². The SMILES string of the molecule is COC(C)CCc1ocnc1CNC1CC1. The van der Waals surface area contributed by atoms with Crippen molar-refractivity contribution in [2.45, 2.75) is 51.3 Å². The maximum absolute atomic E-state index is 5.41. The van der Waals surface area contributed by atoms with Crippen LogP contribution in [0.5, 0.6) is 0 Å². The van der Waals surface area contributed by atoms with Gasteiger partial charge in [-0.2, -0.15) is 0 Å². The summed E-state index contributed by atoms with van der Waals surface area (Å²) in [5, 5.41) is 3.45. The van der Waals surface area contributed by atoms with Crippen LogP contribution in [-0.2, 0) is 17.7 Å². The average Bonchev–Trinajstić information content (AvgIpc) is 3.02. The van der Waals surface area contributed by atoms with E-state index < -0.39 is 0 Å². The standard InChI is InChI=1S/C12H20N2O2/c1-9(15-2)3-6-12-11(14-8-16-12)7-13-10-4-5-10/h8-10,13H,3-7H2,1-2H3. The summed E-state index contributed by atoms with van der Waals surface area (Å²) >= 11 is 0. The monoisotopic (exact) mass is 224 g/mol. The maximum atomic E-state index is 5.41. The van der Waals surface area contributed by atoms with E-state index in [2.05, 4.69) is 17.2 Å². The van der Waals surface area contributed by atoms with Crippen molar-refractivity contribution in [3.05, 3.63) is 17.8 Å². The van der Waals surface area contributed by atoms with Crippen LogP contribution in [-0.4, -0.2) is 24.2 Å². The molecule has 0 bridgehead atoms. The topological polar surface area (TPSA) is 47.3 Å². The van der Waals surface area contributed by atoms with Gasteiger partial charge in [0.2, 0.25) is 0 Å². The first kappa shape index (κ1) is 11.6. The number of oxazole rings is 1. The number of nitrogens with zero attached hydrogens (tertiary/aromatic N) is 1. The number of rotatable bonds is 7. The fourth-order valence-electron chi connectivity index (χ4n) is 1.62. The van der Waals surface area contributed by atoms with Gasteiger partial charge in [-0.1, -0.05) is 0 Å². The molecule has 4 nitrogen and oxygen atoms in total. The van der Waals surface area contributed by atoms with Crippen LogP contribution >= 0.6 is 0 Å².